The van der Waals surface area contributed by atoms with E-state index >= 15 is 0 Å². The van der Waals surface area contributed by atoms with Crippen LogP contribution >= 0.6 is 11.6 Å². The summed E-state index contributed by atoms with van der Waals surface area (Å²) in [7, 11) is 0. The van der Waals surface area contributed by atoms with Gasteiger partial charge in [0.2, 0.25) is 0 Å². The van der Waals surface area contributed by atoms with Gasteiger partial charge in [0.1, 0.15) is 5.75 Å². The number of aromatic hydroxyl groups is 1. The van der Waals surface area contributed by atoms with Crippen LogP contribution < -0.4 is 0 Å². The number of nitrogens with zero attached hydrogens (tertiary/aromatic N) is 1. The summed E-state index contributed by atoms with van der Waals surface area (Å²) >= 11 is 5.81. The van der Waals surface area contributed by atoms with Gasteiger partial charge in [0.15, 0.2) is 0 Å². The minimum atomic E-state index is -0.588. The number of phenols is 1. The topological polar surface area (TPSA) is 63.4 Å². The van der Waals surface area contributed by atoms with Gasteiger partial charge in [-0.15, -0.1) is 0 Å². The Kier molecular flexibility index (Phi) is 2.96. The molecular weight excluding hydrogens is 206 g/mol. The highest BCUT2D eigenvalue weighted by Crippen LogP contribution is 2.35. The largest absolute Gasteiger partial charge is 0.507 e. The maximum atomic E-state index is 10.4. The SMILES string of the molecule is CC(C)c1c(O)cc([N+](=O)[O-])cc1Cl. The van der Waals surface area contributed by atoms with Crippen molar-refractivity contribution in [1.29, 1.82) is 0 Å². The molecule has 5 heteroatoms. The molecule has 0 aliphatic heterocycles. The average molecular weight is 216 g/mol. The van der Waals surface area contributed by atoms with Gasteiger partial charge in [-0.1, -0.05) is 25.4 Å². The van der Waals surface area contributed by atoms with Crippen LogP contribution in [0, 0.1) is 10.1 Å². The molecule has 0 unspecified atom stereocenters. The van der Waals surface area contributed by atoms with Crippen molar-refractivity contribution >= 4 is 17.3 Å². The Morgan fingerprint density at radius 2 is 2.07 bits per heavy atom. The van der Waals surface area contributed by atoms with Crippen LogP contribution in [0.1, 0.15) is 25.3 Å². The maximum absolute atomic E-state index is 10.4. The van der Waals surface area contributed by atoms with E-state index in [-0.39, 0.29) is 22.4 Å². The van der Waals surface area contributed by atoms with Gasteiger partial charge in [-0.05, 0) is 5.92 Å². The Labute approximate surface area is 86.3 Å². The molecule has 0 amide bonds. The van der Waals surface area contributed by atoms with E-state index in [1.54, 1.807) is 0 Å². The molecule has 4 nitrogen and oxygen atoms in total. The van der Waals surface area contributed by atoms with Crippen LogP contribution in [0.4, 0.5) is 5.69 Å². The van der Waals surface area contributed by atoms with Crippen LogP contribution in [-0.4, -0.2) is 10.0 Å². The number of benzene rings is 1. The molecule has 1 aromatic carbocycles. The molecule has 1 aromatic rings. The summed E-state index contributed by atoms with van der Waals surface area (Å²) in [6, 6.07) is 2.36. The zero-order valence-corrected chi connectivity index (χ0v) is 8.58. The van der Waals surface area contributed by atoms with E-state index < -0.39 is 4.92 Å². The fourth-order valence-corrected chi connectivity index (χ4v) is 1.69. The number of phenolic OH excluding ortho intramolecular Hbond substituents is 1. The Morgan fingerprint density at radius 1 is 1.50 bits per heavy atom. The lowest BCUT2D eigenvalue weighted by Crippen LogP contribution is -1.93. The highest BCUT2D eigenvalue weighted by atomic mass is 35.5. The molecule has 0 saturated carbocycles. The first-order valence-corrected chi connectivity index (χ1v) is 4.48. The van der Waals surface area contributed by atoms with Crippen molar-refractivity contribution in [2.24, 2.45) is 0 Å². The van der Waals surface area contributed by atoms with Crippen LogP contribution in [0.3, 0.4) is 0 Å². The number of nitro benzene ring substituents is 1. The number of nitro groups is 1. The van der Waals surface area contributed by atoms with E-state index in [1.807, 2.05) is 13.8 Å². The normalized spacial score (nSPS) is 10.6. The van der Waals surface area contributed by atoms with Gasteiger partial charge >= 0.3 is 0 Å². The van der Waals surface area contributed by atoms with E-state index in [1.165, 1.54) is 6.07 Å². The summed E-state index contributed by atoms with van der Waals surface area (Å²) in [6.45, 7) is 3.71. The number of hydrogen-bond donors (Lipinski definition) is 1. The molecule has 0 spiro atoms. The smallest absolute Gasteiger partial charge is 0.274 e. The molecule has 0 aliphatic carbocycles. The van der Waals surface area contributed by atoms with Gasteiger partial charge < -0.3 is 5.11 Å². The Morgan fingerprint density at radius 3 is 2.43 bits per heavy atom. The van der Waals surface area contributed by atoms with Gasteiger partial charge in [0.25, 0.3) is 5.69 Å². The van der Waals surface area contributed by atoms with Gasteiger partial charge in [0.05, 0.1) is 16.0 Å². The third-order valence-electron chi connectivity index (χ3n) is 1.88. The predicted molar refractivity (Wildman–Crippen MR) is 53.9 cm³/mol. The van der Waals surface area contributed by atoms with Crippen molar-refractivity contribution in [3.8, 4) is 5.75 Å². The Bertz CT molecular complexity index is 353. The molecule has 0 aromatic heterocycles. The van der Waals surface area contributed by atoms with E-state index in [9.17, 15) is 15.2 Å². The summed E-state index contributed by atoms with van der Waals surface area (Å²) in [5.41, 5.74) is 0.342. The van der Waals surface area contributed by atoms with Gasteiger partial charge in [-0.25, -0.2) is 0 Å². The average Bonchev–Trinajstić information content (AvgIpc) is 2.01. The lowest BCUT2D eigenvalue weighted by Gasteiger charge is -2.09. The van der Waals surface area contributed by atoms with E-state index in [2.05, 4.69) is 0 Å². The van der Waals surface area contributed by atoms with Crippen LogP contribution in [0.2, 0.25) is 5.02 Å². The maximum Gasteiger partial charge on any atom is 0.274 e. The van der Waals surface area contributed by atoms with Crippen molar-refractivity contribution in [3.63, 3.8) is 0 Å². The number of non-ortho nitro benzene ring substituents is 1. The standard InChI is InChI=1S/C9H10ClNO3/c1-5(2)9-7(10)3-6(11(13)14)4-8(9)12/h3-5,12H,1-2H3. The van der Waals surface area contributed by atoms with E-state index in [0.29, 0.717) is 5.56 Å². The Hall–Kier alpha value is -1.29. The third-order valence-corrected chi connectivity index (χ3v) is 2.19. The minimum Gasteiger partial charge on any atom is -0.507 e. The molecule has 0 radical (unpaired) electrons. The molecule has 0 bridgehead atoms. The van der Waals surface area contributed by atoms with Crippen LogP contribution in [-0.2, 0) is 0 Å². The summed E-state index contributed by atoms with van der Waals surface area (Å²) < 4.78 is 0. The fraction of sp³-hybridized carbons (Fsp3) is 0.333. The lowest BCUT2D eigenvalue weighted by atomic mass is 10.0. The highest BCUT2D eigenvalue weighted by Gasteiger charge is 2.16. The third kappa shape index (κ3) is 1.96. The van der Waals surface area contributed by atoms with Crippen molar-refractivity contribution < 1.29 is 10.0 Å². The van der Waals surface area contributed by atoms with E-state index in [4.69, 9.17) is 11.6 Å². The molecule has 76 valence electrons. The van der Waals surface area contributed by atoms with Gasteiger partial charge in [-0.3, -0.25) is 10.1 Å². The molecule has 0 heterocycles. The summed E-state index contributed by atoms with van der Waals surface area (Å²) in [5.74, 6) is -0.0949. The summed E-state index contributed by atoms with van der Waals surface area (Å²) in [6.07, 6.45) is 0. The van der Waals surface area contributed by atoms with Crippen LogP contribution in [0.25, 0.3) is 0 Å². The van der Waals surface area contributed by atoms with Crippen molar-refractivity contribution in [2.75, 3.05) is 0 Å². The first-order chi connectivity index (χ1) is 6.43. The first kappa shape index (κ1) is 10.8. The number of halogens is 1. The summed E-state index contributed by atoms with van der Waals surface area (Å²) in [4.78, 5) is 9.83. The van der Waals surface area contributed by atoms with Crippen molar-refractivity contribution in [2.45, 2.75) is 19.8 Å². The summed E-state index contributed by atoms with van der Waals surface area (Å²) in [5, 5.41) is 20.2. The number of hydrogen-bond acceptors (Lipinski definition) is 3. The molecule has 1 N–H and O–H groups in total. The fourth-order valence-electron chi connectivity index (χ4n) is 1.27. The molecule has 0 aliphatic rings. The highest BCUT2D eigenvalue weighted by molar-refractivity contribution is 6.31. The van der Waals surface area contributed by atoms with Gasteiger partial charge in [0, 0.05) is 11.6 Å². The minimum absolute atomic E-state index is 0.0308. The second-order valence-electron chi connectivity index (χ2n) is 3.27. The molecule has 1 rings (SSSR count). The molecule has 14 heavy (non-hydrogen) atoms. The zero-order valence-electron chi connectivity index (χ0n) is 7.82. The first-order valence-electron chi connectivity index (χ1n) is 4.10. The quantitative estimate of drug-likeness (QED) is 0.609. The Balaban J connectivity index is 3.32. The molecule has 0 atom stereocenters. The van der Waals surface area contributed by atoms with Gasteiger partial charge in [-0.2, -0.15) is 0 Å². The second-order valence-corrected chi connectivity index (χ2v) is 3.68. The van der Waals surface area contributed by atoms with Crippen molar-refractivity contribution in [3.05, 3.63) is 32.8 Å². The lowest BCUT2D eigenvalue weighted by molar-refractivity contribution is -0.384. The van der Waals surface area contributed by atoms with Crippen LogP contribution in [0.15, 0.2) is 12.1 Å². The second kappa shape index (κ2) is 3.84. The molecule has 0 fully saturated rings. The van der Waals surface area contributed by atoms with Crippen molar-refractivity contribution in [1.82, 2.24) is 0 Å². The molecule has 0 saturated heterocycles. The molecular formula is C9H10ClNO3. The number of rotatable bonds is 2. The van der Waals surface area contributed by atoms with Crippen LogP contribution in [0.5, 0.6) is 5.75 Å². The predicted octanol–water partition coefficient (Wildman–Crippen LogP) is 3.08. The monoisotopic (exact) mass is 215 g/mol. The zero-order chi connectivity index (χ0) is 10.9. The van der Waals surface area contributed by atoms with E-state index in [0.717, 1.165) is 6.07 Å².